The molecule has 2 aromatic carbocycles. The van der Waals surface area contributed by atoms with Gasteiger partial charge in [-0.25, -0.2) is 0 Å². The molecule has 0 saturated heterocycles. The van der Waals surface area contributed by atoms with Gasteiger partial charge in [0, 0.05) is 17.6 Å². The average molecular weight is 336 g/mol. The fourth-order valence-corrected chi connectivity index (χ4v) is 2.60. The summed E-state index contributed by atoms with van der Waals surface area (Å²) in [6, 6.07) is 13.7. The van der Waals surface area contributed by atoms with Crippen LogP contribution in [0.1, 0.15) is 24.1 Å². The van der Waals surface area contributed by atoms with Crippen molar-refractivity contribution in [3.05, 3.63) is 58.6 Å². The van der Waals surface area contributed by atoms with Gasteiger partial charge in [0.2, 0.25) is 0 Å². The number of halogens is 1. The number of benzene rings is 2. The van der Waals surface area contributed by atoms with Crippen LogP contribution >= 0.6 is 11.6 Å². The van der Waals surface area contributed by atoms with Gasteiger partial charge in [0.15, 0.2) is 11.5 Å². The van der Waals surface area contributed by atoms with Crippen LogP contribution < -0.4 is 14.8 Å². The number of rotatable bonds is 8. The van der Waals surface area contributed by atoms with Crippen LogP contribution in [0.2, 0.25) is 5.02 Å². The Bertz CT molecular complexity index is 633. The molecule has 0 aromatic heterocycles. The third-order valence-corrected chi connectivity index (χ3v) is 3.91. The lowest BCUT2D eigenvalue weighted by Crippen LogP contribution is -2.18. The van der Waals surface area contributed by atoms with Gasteiger partial charge in [-0.15, -0.1) is 0 Å². The second-order valence-electron chi connectivity index (χ2n) is 5.18. The quantitative estimate of drug-likeness (QED) is 0.774. The summed E-state index contributed by atoms with van der Waals surface area (Å²) < 4.78 is 10.8. The Hall–Kier alpha value is -1.75. The summed E-state index contributed by atoms with van der Waals surface area (Å²) in [6.07, 6.45) is 0. The first-order chi connectivity index (χ1) is 11.2. The first-order valence-corrected chi connectivity index (χ1v) is 7.92. The van der Waals surface area contributed by atoms with Crippen LogP contribution in [0.25, 0.3) is 0 Å². The number of aliphatic hydroxyl groups is 1. The van der Waals surface area contributed by atoms with Gasteiger partial charge in [0.25, 0.3) is 0 Å². The Morgan fingerprint density at radius 3 is 2.65 bits per heavy atom. The maximum absolute atomic E-state index is 8.84. The van der Waals surface area contributed by atoms with E-state index in [0.29, 0.717) is 18.0 Å². The van der Waals surface area contributed by atoms with Crippen molar-refractivity contribution in [1.82, 2.24) is 5.32 Å². The summed E-state index contributed by atoms with van der Waals surface area (Å²) in [7, 11) is 1.60. The van der Waals surface area contributed by atoms with Crippen LogP contribution in [0.15, 0.2) is 42.5 Å². The number of hydrogen-bond acceptors (Lipinski definition) is 4. The third kappa shape index (κ3) is 4.86. The zero-order valence-corrected chi connectivity index (χ0v) is 14.1. The van der Waals surface area contributed by atoms with E-state index in [2.05, 4.69) is 12.2 Å². The predicted molar refractivity (Wildman–Crippen MR) is 92.3 cm³/mol. The Labute approximate surface area is 142 Å². The van der Waals surface area contributed by atoms with E-state index in [-0.39, 0.29) is 19.3 Å². The number of nitrogens with one attached hydrogen (secondary N) is 1. The smallest absolute Gasteiger partial charge is 0.161 e. The second kappa shape index (κ2) is 8.77. The first-order valence-electron chi connectivity index (χ1n) is 7.54. The minimum Gasteiger partial charge on any atom is -0.493 e. The summed E-state index contributed by atoms with van der Waals surface area (Å²) in [5.41, 5.74) is 2.15. The van der Waals surface area contributed by atoms with E-state index in [0.717, 1.165) is 16.1 Å². The Morgan fingerprint density at radius 1 is 1.17 bits per heavy atom. The molecule has 0 amide bonds. The van der Waals surface area contributed by atoms with Crippen LogP contribution in [0.4, 0.5) is 0 Å². The fraction of sp³-hybridized carbons (Fsp3) is 0.333. The molecule has 0 aliphatic carbocycles. The van der Waals surface area contributed by atoms with Crippen molar-refractivity contribution in [1.29, 1.82) is 0 Å². The largest absolute Gasteiger partial charge is 0.493 e. The minimum atomic E-state index is -0.0260. The zero-order valence-electron chi connectivity index (χ0n) is 13.4. The molecule has 0 bridgehead atoms. The average Bonchev–Trinajstić information content (AvgIpc) is 2.58. The molecule has 0 heterocycles. The van der Waals surface area contributed by atoms with Gasteiger partial charge in [-0.05, 0) is 36.2 Å². The molecule has 2 N–H and O–H groups in total. The lowest BCUT2D eigenvalue weighted by Gasteiger charge is -2.17. The standard InChI is InChI=1S/C18H22ClNO3/c1-13(15-5-3-4-6-16(15)19)20-12-14-7-8-17(23-10-9-21)18(11-14)22-2/h3-8,11,13,20-21H,9-10,12H2,1-2H3. The van der Waals surface area contributed by atoms with Crippen molar-refractivity contribution in [2.24, 2.45) is 0 Å². The van der Waals surface area contributed by atoms with Crippen LogP contribution in [0, 0.1) is 0 Å². The highest BCUT2D eigenvalue weighted by Gasteiger charge is 2.10. The Morgan fingerprint density at radius 2 is 1.96 bits per heavy atom. The highest BCUT2D eigenvalue weighted by atomic mass is 35.5. The van der Waals surface area contributed by atoms with E-state index in [1.165, 1.54) is 0 Å². The van der Waals surface area contributed by atoms with Crippen molar-refractivity contribution >= 4 is 11.6 Å². The van der Waals surface area contributed by atoms with Gasteiger partial charge in [0.05, 0.1) is 13.7 Å². The SMILES string of the molecule is COc1cc(CNC(C)c2ccccc2Cl)ccc1OCCO. The second-order valence-corrected chi connectivity index (χ2v) is 5.59. The van der Waals surface area contributed by atoms with Crippen LogP contribution in [-0.4, -0.2) is 25.4 Å². The van der Waals surface area contributed by atoms with Crippen LogP contribution in [0.5, 0.6) is 11.5 Å². The molecule has 23 heavy (non-hydrogen) atoms. The van der Waals surface area contributed by atoms with Crippen LogP contribution in [0.3, 0.4) is 0 Å². The number of methoxy groups -OCH3 is 1. The Balaban J connectivity index is 2.01. The van der Waals surface area contributed by atoms with Crippen molar-refractivity contribution in [2.75, 3.05) is 20.3 Å². The molecule has 0 fully saturated rings. The van der Waals surface area contributed by atoms with E-state index >= 15 is 0 Å². The van der Waals surface area contributed by atoms with E-state index in [1.54, 1.807) is 7.11 Å². The summed E-state index contributed by atoms with van der Waals surface area (Å²) in [5, 5.41) is 13.0. The molecule has 1 atom stereocenters. The van der Waals surface area contributed by atoms with Gasteiger partial charge in [0.1, 0.15) is 6.61 Å². The Kier molecular flexibility index (Phi) is 6.71. The van der Waals surface area contributed by atoms with E-state index in [4.69, 9.17) is 26.2 Å². The topological polar surface area (TPSA) is 50.7 Å². The van der Waals surface area contributed by atoms with Crippen molar-refractivity contribution < 1.29 is 14.6 Å². The lowest BCUT2D eigenvalue weighted by molar-refractivity contribution is 0.196. The van der Waals surface area contributed by atoms with Crippen LogP contribution in [-0.2, 0) is 6.54 Å². The van der Waals surface area contributed by atoms with Gasteiger partial charge in [-0.2, -0.15) is 0 Å². The highest BCUT2D eigenvalue weighted by Crippen LogP contribution is 2.28. The summed E-state index contributed by atoms with van der Waals surface area (Å²) in [5.74, 6) is 1.28. The van der Waals surface area contributed by atoms with E-state index < -0.39 is 0 Å². The highest BCUT2D eigenvalue weighted by molar-refractivity contribution is 6.31. The predicted octanol–water partition coefficient (Wildman–Crippen LogP) is 3.57. The summed E-state index contributed by atoms with van der Waals surface area (Å²) in [6.45, 7) is 2.99. The molecule has 0 saturated carbocycles. The fourth-order valence-electron chi connectivity index (χ4n) is 2.30. The molecule has 1 unspecified atom stereocenters. The molecule has 2 aromatic rings. The molecule has 124 valence electrons. The van der Waals surface area contributed by atoms with Gasteiger partial charge >= 0.3 is 0 Å². The van der Waals surface area contributed by atoms with Gasteiger partial charge < -0.3 is 19.9 Å². The maximum atomic E-state index is 8.84. The third-order valence-electron chi connectivity index (χ3n) is 3.56. The van der Waals surface area contributed by atoms with Gasteiger partial charge in [-0.3, -0.25) is 0 Å². The monoisotopic (exact) mass is 335 g/mol. The number of hydrogen-bond donors (Lipinski definition) is 2. The minimum absolute atomic E-state index is 0.0260. The molecule has 2 rings (SSSR count). The van der Waals surface area contributed by atoms with Crippen molar-refractivity contribution in [3.63, 3.8) is 0 Å². The zero-order chi connectivity index (χ0) is 16.7. The summed E-state index contributed by atoms with van der Waals surface area (Å²) in [4.78, 5) is 0. The van der Waals surface area contributed by atoms with E-state index in [1.807, 2.05) is 42.5 Å². The van der Waals surface area contributed by atoms with Crippen molar-refractivity contribution in [3.8, 4) is 11.5 Å². The van der Waals surface area contributed by atoms with Crippen molar-refractivity contribution in [2.45, 2.75) is 19.5 Å². The number of ether oxygens (including phenoxy) is 2. The lowest BCUT2D eigenvalue weighted by atomic mass is 10.1. The number of aliphatic hydroxyl groups excluding tert-OH is 1. The molecular formula is C18H22ClNO3. The molecule has 0 aliphatic heterocycles. The summed E-state index contributed by atoms with van der Waals surface area (Å²) >= 11 is 6.22. The van der Waals surface area contributed by atoms with Gasteiger partial charge in [-0.1, -0.05) is 35.9 Å². The molecular weight excluding hydrogens is 314 g/mol. The van der Waals surface area contributed by atoms with E-state index in [9.17, 15) is 0 Å². The molecule has 4 nitrogen and oxygen atoms in total. The normalized spacial score (nSPS) is 12.0. The molecule has 0 radical (unpaired) electrons. The molecule has 0 spiro atoms. The maximum Gasteiger partial charge on any atom is 0.161 e. The first kappa shape index (κ1) is 17.6. The molecule has 0 aliphatic rings. The molecule has 5 heteroatoms.